The van der Waals surface area contributed by atoms with Crippen LogP contribution >= 0.6 is 19.3 Å². The molecular formula is C26H34ClN4O9P. The van der Waals surface area contributed by atoms with Crippen LogP contribution in [0.1, 0.15) is 58.1 Å². The van der Waals surface area contributed by atoms with Crippen LogP contribution < -0.4 is 21.0 Å². The van der Waals surface area contributed by atoms with Crippen LogP contribution in [0.4, 0.5) is 5.82 Å². The van der Waals surface area contributed by atoms with E-state index in [-0.39, 0.29) is 17.7 Å². The number of nitrogens with zero attached hydrogens (tertiary/aromatic N) is 2. The number of nitrogen functional groups attached to an aromatic ring is 1. The zero-order chi connectivity index (χ0) is 29.4. The van der Waals surface area contributed by atoms with E-state index < -0.39 is 55.6 Å². The molecule has 5 atom stereocenters. The summed E-state index contributed by atoms with van der Waals surface area (Å²) >= 11 is 5.98. The molecule has 5 rings (SSSR count). The predicted molar refractivity (Wildman–Crippen MR) is 147 cm³/mol. The lowest BCUT2D eigenvalue weighted by atomic mass is 9.78. The lowest BCUT2D eigenvalue weighted by Crippen LogP contribution is -2.57. The molecule has 2 saturated carbocycles. The zero-order valence-electron chi connectivity index (χ0n) is 22.5. The summed E-state index contributed by atoms with van der Waals surface area (Å²) in [6, 6.07) is 7.41. The second-order valence-electron chi connectivity index (χ2n) is 10.9. The minimum Gasteiger partial charge on any atom is -0.461 e. The third kappa shape index (κ3) is 6.31. The number of hydrogen-bond donors (Lipinski definition) is 4. The minimum absolute atomic E-state index is 0.0212. The maximum atomic E-state index is 14.2. The number of benzene rings is 1. The summed E-state index contributed by atoms with van der Waals surface area (Å²) in [5.74, 6) is -0.386. The van der Waals surface area contributed by atoms with Crippen molar-refractivity contribution < 1.29 is 38.1 Å². The summed E-state index contributed by atoms with van der Waals surface area (Å²) in [4.78, 5) is 29.3. The van der Waals surface area contributed by atoms with Gasteiger partial charge in [-0.2, -0.15) is 10.1 Å². The van der Waals surface area contributed by atoms with E-state index in [9.17, 15) is 24.4 Å². The fraction of sp³-hybridized carbons (Fsp3) is 0.577. The van der Waals surface area contributed by atoms with Gasteiger partial charge in [0.25, 0.3) is 0 Å². The Kier molecular flexibility index (Phi) is 8.51. The van der Waals surface area contributed by atoms with E-state index in [1.165, 1.54) is 31.3 Å². The highest BCUT2D eigenvalue weighted by Crippen LogP contribution is 2.51. The molecule has 1 aliphatic heterocycles. The van der Waals surface area contributed by atoms with Crippen LogP contribution in [-0.4, -0.2) is 61.8 Å². The largest absolute Gasteiger partial charge is 0.461 e. The Morgan fingerprint density at radius 2 is 1.93 bits per heavy atom. The molecule has 0 radical (unpaired) electrons. The number of aromatic nitrogens is 2. The first-order chi connectivity index (χ1) is 19.4. The molecule has 15 heteroatoms. The van der Waals surface area contributed by atoms with Crippen molar-refractivity contribution in [3.63, 3.8) is 0 Å². The van der Waals surface area contributed by atoms with Crippen LogP contribution in [0.25, 0.3) is 0 Å². The van der Waals surface area contributed by atoms with Crippen LogP contribution in [-0.2, 0) is 23.4 Å². The lowest BCUT2D eigenvalue weighted by Gasteiger charge is -2.41. The number of nitrogens with two attached hydrogens (primary N) is 1. The second-order valence-corrected chi connectivity index (χ2v) is 13.0. The van der Waals surface area contributed by atoms with Crippen molar-refractivity contribution in [3.8, 4) is 5.75 Å². The summed E-state index contributed by atoms with van der Waals surface area (Å²) < 4.78 is 38.3. The van der Waals surface area contributed by atoms with Crippen molar-refractivity contribution in [2.75, 3.05) is 12.3 Å². The number of hydrogen-bond acceptors (Lipinski definition) is 11. The SMILES string of the molecule is C[C@]1(O)C(n2ccc(N)nc2=O)OC(COP(=O)(NC2(C(=O)OC3CCCC3)CCC2)Oc2ccc(Cl)cc2)[C@H]1O. The normalized spacial score (nSPS) is 29.0. The van der Waals surface area contributed by atoms with Crippen molar-refractivity contribution in [2.45, 2.75) is 87.5 Å². The molecule has 1 saturated heterocycles. The second kappa shape index (κ2) is 11.6. The molecule has 2 aliphatic carbocycles. The number of rotatable bonds is 10. The van der Waals surface area contributed by atoms with Gasteiger partial charge in [-0.25, -0.2) is 9.36 Å². The average molecular weight is 613 g/mol. The Morgan fingerprint density at radius 3 is 2.54 bits per heavy atom. The average Bonchev–Trinajstić information content (AvgIpc) is 3.48. The molecule has 3 aliphatic rings. The van der Waals surface area contributed by atoms with Crippen molar-refractivity contribution in [2.24, 2.45) is 0 Å². The quantitative estimate of drug-likeness (QED) is 0.227. The first-order valence-electron chi connectivity index (χ1n) is 13.5. The first kappa shape index (κ1) is 30.0. The number of halogens is 1. The number of carbonyl (C=O) groups is 1. The predicted octanol–water partition coefficient (Wildman–Crippen LogP) is 2.69. The van der Waals surface area contributed by atoms with Crippen LogP contribution in [0, 0.1) is 0 Å². The number of carbonyl (C=O) groups excluding carboxylic acids is 1. The smallest absolute Gasteiger partial charge is 0.459 e. The van der Waals surface area contributed by atoms with Gasteiger partial charge in [0.15, 0.2) is 6.23 Å². The molecule has 5 N–H and O–H groups in total. The molecule has 3 fully saturated rings. The van der Waals surface area contributed by atoms with Gasteiger partial charge in [0.2, 0.25) is 0 Å². The summed E-state index contributed by atoms with van der Waals surface area (Å²) in [6.45, 7) is 0.756. The topological polar surface area (TPSA) is 184 Å². The highest BCUT2D eigenvalue weighted by molar-refractivity contribution is 7.52. The molecule has 1 aromatic heterocycles. The Bertz CT molecular complexity index is 1360. The van der Waals surface area contributed by atoms with Gasteiger partial charge < -0.3 is 29.9 Å². The van der Waals surface area contributed by atoms with Gasteiger partial charge in [0, 0.05) is 11.2 Å². The van der Waals surface area contributed by atoms with Gasteiger partial charge in [-0.15, -0.1) is 0 Å². The summed E-state index contributed by atoms with van der Waals surface area (Å²) in [7, 11) is -4.33. The standard InChI is InChI=1S/C26H34ClN4O9P/c1-25(35)21(32)19(39-22(25)31-14-11-20(28)29-24(31)34)15-37-41(36,40-18-9-7-16(27)8-10-18)30-26(12-4-13-26)23(33)38-17-5-2-3-6-17/h7-11,14,17,19,21-22,32,35H,2-6,12-13,15H2,1H3,(H,30,36)(H2,28,29,34)/t19?,21-,22?,25-,41?/m1/s1. The van der Waals surface area contributed by atoms with Gasteiger partial charge in [-0.3, -0.25) is 13.9 Å². The maximum absolute atomic E-state index is 14.2. The Morgan fingerprint density at radius 1 is 1.24 bits per heavy atom. The number of anilines is 1. The highest BCUT2D eigenvalue weighted by atomic mass is 35.5. The number of nitrogens with one attached hydrogen (secondary N) is 1. The van der Waals surface area contributed by atoms with Gasteiger partial charge in [0.1, 0.15) is 41.0 Å². The van der Waals surface area contributed by atoms with Gasteiger partial charge >= 0.3 is 19.4 Å². The molecule has 13 nitrogen and oxygen atoms in total. The summed E-state index contributed by atoms with van der Waals surface area (Å²) in [5.41, 5.74) is 1.53. The molecule has 0 bridgehead atoms. The molecule has 224 valence electrons. The maximum Gasteiger partial charge on any atom is 0.459 e. The van der Waals surface area contributed by atoms with E-state index >= 15 is 0 Å². The fourth-order valence-corrected chi connectivity index (χ4v) is 7.16. The van der Waals surface area contributed by atoms with Crippen molar-refractivity contribution in [1.82, 2.24) is 14.6 Å². The minimum atomic E-state index is -4.33. The third-order valence-corrected chi connectivity index (χ3v) is 9.73. The zero-order valence-corrected chi connectivity index (χ0v) is 24.1. The van der Waals surface area contributed by atoms with Crippen molar-refractivity contribution in [3.05, 3.63) is 52.0 Å². The summed E-state index contributed by atoms with van der Waals surface area (Å²) in [5, 5.41) is 25.2. The van der Waals surface area contributed by atoms with Gasteiger partial charge in [0.05, 0.1) is 6.61 Å². The van der Waals surface area contributed by atoms with E-state index in [2.05, 4.69) is 10.1 Å². The molecule has 2 heterocycles. The van der Waals surface area contributed by atoms with E-state index in [1.807, 2.05) is 0 Å². The monoisotopic (exact) mass is 612 g/mol. The lowest BCUT2D eigenvalue weighted by molar-refractivity contribution is -0.160. The molecule has 1 aromatic carbocycles. The van der Waals surface area contributed by atoms with Crippen LogP contribution in [0.15, 0.2) is 41.3 Å². The first-order valence-corrected chi connectivity index (χ1v) is 15.4. The van der Waals surface area contributed by atoms with E-state index in [4.69, 9.17) is 35.9 Å². The molecular weight excluding hydrogens is 579 g/mol. The number of esters is 1. The van der Waals surface area contributed by atoms with Gasteiger partial charge in [-0.1, -0.05) is 11.6 Å². The van der Waals surface area contributed by atoms with E-state index in [1.54, 1.807) is 12.1 Å². The number of aliphatic hydroxyl groups is 2. The van der Waals surface area contributed by atoms with Crippen LogP contribution in [0.5, 0.6) is 5.75 Å². The number of aliphatic hydroxyl groups excluding tert-OH is 1. The van der Waals surface area contributed by atoms with Crippen molar-refractivity contribution in [1.29, 1.82) is 0 Å². The molecule has 3 unspecified atom stereocenters. The van der Waals surface area contributed by atoms with E-state index in [0.29, 0.717) is 24.3 Å². The van der Waals surface area contributed by atoms with Crippen molar-refractivity contribution >= 4 is 31.1 Å². The highest BCUT2D eigenvalue weighted by Gasteiger charge is 2.56. The Balaban J connectivity index is 1.36. The molecule has 41 heavy (non-hydrogen) atoms. The van der Waals surface area contributed by atoms with Crippen LogP contribution in [0.2, 0.25) is 5.02 Å². The molecule has 0 amide bonds. The number of ether oxygens (including phenoxy) is 2. The van der Waals surface area contributed by atoms with Gasteiger partial charge in [-0.05, 0) is 82.2 Å². The fourth-order valence-electron chi connectivity index (χ4n) is 5.29. The summed E-state index contributed by atoms with van der Waals surface area (Å²) in [6.07, 6.45) is 1.88. The third-order valence-electron chi connectivity index (χ3n) is 7.83. The molecule has 0 spiro atoms. The van der Waals surface area contributed by atoms with E-state index in [0.717, 1.165) is 30.3 Å². The molecule has 2 aromatic rings. The Labute approximate surface area is 241 Å². The Hall–Kier alpha value is -2.51. The van der Waals surface area contributed by atoms with Crippen LogP contribution in [0.3, 0.4) is 0 Å².